The van der Waals surface area contributed by atoms with Gasteiger partial charge in [0.25, 0.3) is 11.1 Å². The first-order chi connectivity index (χ1) is 17.8. The van der Waals surface area contributed by atoms with E-state index in [1.807, 2.05) is 12.1 Å². The summed E-state index contributed by atoms with van der Waals surface area (Å²) in [7, 11) is 3.07. The zero-order valence-electron chi connectivity index (χ0n) is 21.5. The molecule has 8 heteroatoms. The molecule has 0 aliphatic rings. The van der Waals surface area contributed by atoms with E-state index in [1.54, 1.807) is 48.7 Å². The highest BCUT2D eigenvalue weighted by molar-refractivity contribution is 5.58. The van der Waals surface area contributed by atoms with Crippen LogP contribution >= 0.6 is 0 Å². The monoisotopic (exact) mass is 501 g/mol. The lowest BCUT2D eigenvalue weighted by atomic mass is 10.0. The smallest absolute Gasteiger partial charge is 0.265 e. The molecule has 2 heterocycles. The molecule has 0 atom stereocenters. The Morgan fingerprint density at radius 2 is 1.59 bits per heavy atom. The zero-order valence-corrected chi connectivity index (χ0v) is 21.5. The number of benzene rings is 2. The Balaban J connectivity index is 1.82. The average molecular weight is 502 g/mol. The standard InChI is InChI=1S/C29H31N3O5/c1-19(2)11-16-25-30-28(34)22(29(35)32(25)27-23(36-3)8-7-9-24(27)37-4)18-20-12-14-21(15-13-20)31-17-6-5-10-26(31)33/h5-10,12-15,17,19,34H,11,16,18H2,1-4H3. The molecule has 0 spiro atoms. The molecule has 0 radical (unpaired) electrons. The second kappa shape index (κ2) is 11.2. The van der Waals surface area contributed by atoms with Crippen molar-refractivity contribution in [1.29, 1.82) is 0 Å². The number of aryl methyl sites for hydroxylation is 1. The van der Waals surface area contributed by atoms with Gasteiger partial charge < -0.3 is 14.6 Å². The van der Waals surface area contributed by atoms with Gasteiger partial charge in [0.2, 0.25) is 5.88 Å². The third-order valence-corrected chi connectivity index (χ3v) is 6.21. The van der Waals surface area contributed by atoms with E-state index in [0.717, 1.165) is 12.0 Å². The number of aromatic nitrogens is 3. The Morgan fingerprint density at radius 3 is 2.19 bits per heavy atom. The van der Waals surface area contributed by atoms with E-state index in [0.29, 0.717) is 41.0 Å². The number of aromatic hydroxyl groups is 1. The first-order valence-corrected chi connectivity index (χ1v) is 12.2. The second-order valence-corrected chi connectivity index (χ2v) is 9.17. The minimum Gasteiger partial charge on any atom is -0.494 e. The van der Waals surface area contributed by atoms with Crippen LogP contribution in [0.3, 0.4) is 0 Å². The molecule has 0 bridgehead atoms. The van der Waals surface area contributed by atoms with Gasteiger partial charge in [-0.05, 0) is 48.2 Å². The highest BCUT2D eigenvalue weighted by Gasteiger charge is 2.23. The number of methoxy groups -OCH3 is 2. The minimum atomic E-state index is -0.391. The van der Waals surface area contributed by atoms with E-state index in [4.69, 9.17) is 9.47 Å². The molecule has 0 saturated heterocycles. The summed E-state index contributed by atoms with van der Waals surface area (Å²) in [6.07, 6.45) is 3.12. The van der Waals surface area contributed by atoms with Crippen LogP contribution in [0.15, 0.2) is 76.4 Å². The van der Waals surface area contributed by atoms with Gasteiger partial charge in [0, 0.05) is 30.8 Å². The Morgan fingerprint density at radius 1 is 0.919 bits per heavy atom. The molecule has 2 aromatic heterocycles. The van der Waals surface area contributed by atoms with E-state index in [1.165, 1.54) is 29.4 Å². The SMILES string of the molecule is COc1cccc(OC)c1-n1c(CCC(C)C)nc(O)c(Cc2ccc(-n3ccccc3=O)cc2)c1=O. The fraction of sp³-hybridized carbons (Fsp3) is 0.276. The van der Waals surface area contributed by atoms with Gasteiger partial charge in [-0.15, -0.1) is 0 Å². The minimum absolute atomic E-state index is 0.136. The van der Waals surface area contributed by atoms with Gasteiger partial charge >= 0.3 is 0 Å². The van der Waals surface area contributed by atoms with Gasteiger partial charge in [-0.25, -0.2) is 0 Å². The van der Waals surface area contributed by atoms with Crippen LogP contribution in [0.25, 0.3) is 11.4 Å². The molecular formula is C29H31N3O5. The molecule has 4 aromatic rings. The molecule has 0 fully saturated rings. The summed E-state index contributed by atoms with van der Waals surface area (Å²) in [6.45, 7) is 4.18. The van der Waals surface area contributed by atoms with Gasteiger partial charge in [0.15, 0.2) is 0 Å². The summed E-state index contributed by atoms with van der Waals surface area (Å²) in [5, 5.41) is 10.9. The molecule has 0 aliphatic carbocycles. The highest BCUT2D eigenvalue weighted by Crippen LogP contribution is 2.33. The van der Waals surface area contributed by atoms with Crippen molar-refractivity contribution in [2.45, 2.75) is 33.1 Å². The molecular weight excluding hydrogens is 470 g/mol. The highest BCUT2D eigenvalue weighted by atomic mass is 16.5. The molecule has 0 unspecified atom stereocenters. The van der Waals surface area contributed by atoms with E-state index >= 15 is 0 Å². The molecule has 0 saturated carbocycles. The van der Waals surface area contributed by atoms with Crippen molar-refractivity contribution in [3.63, 3.8) is 0 Å². The molecule has 1 N–H and O–H groups in total. The third kappa shape index (κ3) is 5.43. The van der Waals surface area contributed by atoms with E-state index in [2.05, 4.69) is 18.8 Å². The van der Waals surface area contributed by atoms with Gasteiger partial charge in [-0.3, -0.25) is 18.7 Å². The fourth-order valence-corrected chi connectivity index (χ4v) is 4.23. The lowest BCUT2D eigenvalue weighted by molar-refractivity contribution is 0.387. The second-order valence-electron chi connectivity index (χ2n) is 9.17. The normalized spacial score (nSPS) is 11.1. The van der Waals surface area contributed by atoms with E-state index < -0.39 is 5.56 Å². The quantitative estimate of drug-likeness (QED) is 0.368. The third-order valence-electron chi connectivity index (χ3n) is 6.21. The lowest BCUT2D eigenvalue weighted by Crippen LogP contribution is -2.28. The molecule has 2 aromatic carbocycles. The average Bonchev–Trinajstić information content (AvgIpc) is 2.90. The number of ether oxygens (including phenoxy) is 2. The molecule has 37 heavy (non-hydrogen) atoms. The van der Waals surface area contributed by atoms with Gasteiger partial charge in [0.1, 0.15) is 23.0 Å². The molecule has 0 aliphatic heterocycles. The van der Waals surface area contributed by atoms with Crippen LogP contribution in [-0.4, -0.2) is 33.4 Å². The van der Waals surface area contributed by atoms with Gasteiger partial charge in [-0.2, -0.15) is 4.98 Å². The van der Waals surface area contributed by atoms with Crippen molar-refractivity contribution < 1.29 is 14.6 Å². The van der Waals surface area contributed by atoms with Crippen molar-refractivity contribution in [3.8, 4) is 28.8 Å². The first kappa shape index (κ1) is 25.8. The number of pyridine rings is 1. The molecule has 4 rings (SSSR count). The van der Waals surface area contributed by atoms with Gasteiger partial charge in [0.05, 0.1) is 19.8 Å². The van der Waals surface area contributed by atoms with Gasteiger partial charge in [-0.1, -0.05) is 38.1 Å². The van der Waals surface area contributed by atoms with Crippen molar-refractivity contribution in [2.24, 2.45) is 5.92 Å². The summed E-state index contributed by atoms with van der Waals surface area (Å²) >= 11 is 0. The molecule has 0 amide bonds. The Labute approximate surface area is 215 Å². The zero-order chi connectivity index (χ0) is 26.5. The van der Waals surface area contributed by atoms with Crippen LogP contribution in [0, 0.1) is 5.92 Å². The summed E-state index contributed by atoms with van der Waals surface area (Å²) in [6, 6.07) is 17.5. The number of nitrogens with zero attached hydrogens (tertiary/aromatic N) is 3. The fourth-order valence-electron chi connectivity index (χ4n) is 4.23. The van der Waals surface area contributed by atoms with Crippen LogP contribution in [-0.2, 0) is 12.8 Å². The molecule has 192 valence electrons. The summed E-state index contributed by atoms with van der Waals surface area (Å²) in [5.74, 6) is 1.44. The summed E-state index contributed by atoms with van der Waals surface area (Å²) in [4.78, 5) is 30.5. The maximum absolute atomic E-state index is 13.9. The predicted molar refractivity (Wildman–Crippen MR) is 143 cm³/mol. The number of hydrogen-bond donors (Lipinski definition) is 1. The Bertz CT molecular complexity index is 1480. The first-order valence-electron chi connectivity index (χ1n) is 12.2. The number of rotatable bonds is 9. The van der Waals surface area contributed by atoms with E-state index in [-0.39, 0.29) is 23.4 Å². The predicted octanol–water partition coefficient (Wildman–Crippen LogP) is 4.29. The van der Waals surface area contributed by atoms with Crippen molar-refractivity contribution in [3.05, 3.63) is 105 Å². The summed E-state index contributed by atoms with van der Waals surface area (Å²) < 4.78 is 14.2. The van der Waals surface area contributed by atoms with Crippen LogP contribution in [0.5, 0.6) is 17.4 Å². The van der Waals surface area contributed by atoms with Crippen LogP contribution < -0.4 is 20.6 Å². The maximum atomic E-state index is 13.9. The largest absolute Gasteiger partial charge is 0.494 e. The number of hydrogen-bond acceptors (Lipinski definition) is 6. The van der Waals surface area contributed by atoms with Crippen LogP contribution in [0.1, 0.15) is 37.2 Å². The van der Waals surface area contributed by atoms with Crippen molar-refractivity contribution >= 4 is 0 Å². The Kier molecular flexibility index (Phi) is 7.77. The summed E-state index contributed by atoms with van der Waals surface area (Å²) in [5.41, 5.74) is 1.57. The number of para-hydroxylation sites is 1. The van der Waals surface area contributed by atoms with Crippen LogP contribution in [0.4, 0.5) is 0 Å². The van der Waals surface area contributed by atoms with E-state index in [9.17, 15) is 14.7 Å². The van der Waals surface area contributed by atoms with Crippen LogP contribution in [0.2, 0.25) is 0 Å². The lowest BCUT2D eigenvalue weighted by Gasteiger charge is -2.20. The van der Waals surface area contributed by atoms with Crippen molar-refractivity contribution in [2.75, 3.05) is 14.2 Å². The topological polar surface area (TPSA) is 95.6 Å². The Hall–Kier alpha value is -4.33. The molecule has 8 nitrogen and oxygen atoms in total. The maximum Gasteiger partial charge on any atom is 0.265 e. The van der Waals surface area contributed by atoms with Crippen molar-refractivity contribution in [1.82, 2.24) is 14.1 Å².